The number of carbonyl (C=O) groups is 1. The number of aromatic nitrogens is 1. The van der Waals surface area contributed by atoms with Crippen LogP contribution in [0, 0.1) is 6.92 Å². The molecule has 6 heteroatoms. The van der Waals surface area contributed by atoms with Gasteiger partial charge in [-0.05, 0) is 32.3 Å². The Kier molecular flexibility index (Phi) is 5.38. The largest absolute Gasteiger partial charge is 0.338 e. The highest BCUT2D eigenvalue weighted by Gasteiger charge is 2.30. The number of rotatable bonds is 4. The smallest absolute Gasteiger partial charge is 0.324 e. The van der Waals surface area contributed by atoms with E-state index >= 15 is 0 Å². The molecule has 1 saturated heterocycles. The number of hydrogen-bond donors (Lipinski definition) is 1. The number of piperidine rings is 1. The van der Waals surface area contributed by atoms with Crippen LogP contribution in [0.5, 0.6) is 0 Å². The molecule has 2 heterocycles. The molecule has 1 aliphatic heterocycles. The molecule has 0 unspecified atom stereocenters. The predicted molar refractivity (Wildman–Crippen MR) is 97.4 cm³/mol. The fourth-order valence-electron chi connectivity index (χ4n) is 3.38. The van der Waals surface area contributed by atoms with E-state index in [0.29, 0.717) is 11.9 Å². The number of hydrogen-bond acceptors (Lipinski definition) is 4. The number of anilines is 1. The van der Waals surface area contributed by atoms with Crippen molar-refractivity contribution in [3.05, 3.63) is 47.7 Å². The SMILES string of the molecule is Cc1cc(NC(=O)N(C)[C@H]2CCN(Cc3ccccc3)[C@@H](C)C2)on1. The first-order chi connectivity index (χ1) is 12.0. The molecule has 0 aliphatic carbocycles. The zero-order valence-corrected chi connectivity index (χ0v) is 15.1. The monoisotopic (exact) mass is 342 g/mol. The number of carbonyl (C=O) groups excluding carboxylic acids is 1. The molecular weight excluding hydrogens is 316 g/mol. The zero-order chi connectivity index (χ0) is 17.8. The van der Waals surface area contributed by atoms with E-state index < -0.39 is 0 Å². The van der Waals surface area contributed by atoms with Crippen molar-refractivity contribution in [1.82, 2.24) is 15.0 Å². The van der Waals surface area contributed by atoms with Crippen LogP contribution < -0.4 is 5.32 Å². The molecular formula is C19H26N4O2. The standard InChI is InChI=1S/C19H26N4O2/c1-14-11-18(25-21-14)20-19(24)22(3)17-9-10-23(15(2)12-17)13-16-7-5-4-6-8-16/h4-8,11,15,17H,9-10,12-13H2,1-3H3,(H,20,24)/t15-,17-/m0/s1. The summed E-state index contributed by atoms with van der Waals surface area (Å²) in [5, 5.41) is 6.56. The summed E-state index contributed by atoms with van der Waals surface area (Å²) >= 11 is 0. The van der Waals surface area contributed by atoms with Gasteiger partial charge in [0.05, 0.1) is 5.69 Å². The molecule has 134 valence electrons. The molecule has 1 aromatic carbocycles. The van der Waals surface area contributed by atoms with Crippen LogP contribution in [0.3, 0.4) is 0 Å². The van der Waals surface area contributed by atoms with Crippen molar-refractivity contribution >= 4 is 11.9 Å². The lowest BCUT2D eigenvalue weighted by molar-refractivity contribution is 0.0941. The molecule has 3 rings (SSSR count). The number of nitrogens with zero attached hydrogens (tertiary/aromatic N) is 3. The van der Waals surface area contributed by atoms with Crippen molar-refractivity contribution in [2.45, 2.75) is 45.3 Å². The number of aryl methyl sites for hydroxylation is 1. The van der Waals surface area contributed by atoms with E-state index in [1.807, 2.05) is 20.0 Å². The Labute approximate surface area is 148 Å². The molecule has 1 N–H and O–H groups in total. The van der Waals surface area contributed by atoms with Gasteiger partial charge < -0.3 is 9.42 Å². The highest BCUT2D eigenvalue weighted by atomic mass is 16.5. The van der Waals surface area contributed by atoms with E-state index in [0.717, 1.165) is 31.6 Å². The molecule has 6 nitrogen and oxygen atoms in total. The first-order valence-electron chi connectivity index (χ1n) is 8.78. The van der Waals surface area contributed by atoms with Crippen LogP contribution in [0.2, 0.25) is 0 Å². The third-order valence-electron chi connectivity index (χ3n) is 4.94. The summed E-state index contributed by atoms with van der Waals surface area (Å²) in [6.07, 6.45) is 1.93. The van der Waals surface area contributed by atoms with Crippen molar-refractivity contribution in [2.24, 2.45) is 0 Å². The number of urea groups is 1. The van der Waals surface area contributed by atoms with Gasteiger partial charge >= 0.3 is 6.03 Å². The maximum Gasteiger partial charge on any atom is 0.324 e. The second-order valence-corrected chi connectivity index (χ2v) is 6.86. The molecule has 1 fully saturated rings. The van der Waals surface area contributed by atoms with Gasteiger partial charge in [-0.25, -0.2) is 4.79 Å². The summed E-state index contributed by atoms with van der Waals surface area (Å²) in [6, 6.07) is 12.8. The highest BCUT2D eigenvalue weighted by Crippen LogP contribution is 2.23. The topological polar surface area (TPSA) is 61.6 Å². The summed E-state index contributed by atoms with van der Waals surface area (Å²) in [7, 11) is 1.85. The summed E-state index contributed by atoms with van der Waals surface area (Å²) in [6.45, 7) is 6.01. The third kappa shape index (κ3) is 4.39. The lowest BCUT2D eigenvalue weighted by Gasteiger charge is -2.41. The Morgan fingerprint density at radius 3 is 2.80 bits per heavy atom. The van der Waals surface area contributed by atoms with Gasteiger partial charge in [-0.15, -0.1) is 0 Å². The first-order valence-corrected chi connectivity index (χ1v) is 8.78. The molecule has 1 aliphatic rings. The average Bonchev–Trinajstić information content (AvgIpc) is 3.01. The van der Waals surface area contributed by atoms with Gasteiger partial charge in [0.25, 0.3) is 0 Å². The zero-order valence-electron chi connectivity index (χ0n) is 15.1. The quantitative estimate of drug-likeness (QED) is 0.924. The molecule has 0 bridgehead atoms. The van der Waals surface area contributed by atoms with Crippen LogP contribution in [0.15, 0.2) is 40.9 Å². The Morgan fingerprint density at radius 2 is 2.16 bits per heavy atom. The molecule has 2 amide bonds. The van der Waals surface area contributed by atoms with Crippen LogP contribution in [-0.4, -0.2) is 46.7 Å². The van der Waals surface area contributed by atoms with Gasteiger partial charge in [0.2, 0.25) is 5.88 Å². The molecule has 2 atom stereocenters. The minimum Gasteiger partial charge on any atom is -0.338 e. The van der Waals surface area contributed by atoms with Gasteiger partial charge in [0.15, 0.2) is 0 Å². The van der Waals surface area contributed by atoms with Gasteiger partial charge in [-0.1, -0.05) is 35.5 Å². The normalized spacial score (nSPS) is 21.1. The van der Waals surface area contributed by atoms with Gasteiger partial charge in [0, 0.05) is 38.3 Å². The summed E-state index contributed by atoms with van der Waals surface area (Å²) < 4.78 is 5.06. The number of benzene rings is 1. The van der Waals surface area contributed by atoms with E-state index in [2.05, 4.69) is 46.6 Å². The summed E-state index contributed by atoms with van der Waals surface area (Å²) in [4.78, 5) is 16.7. The van der Waals surface area contributed by atoms with Crippen LogP contribution in [0.25, 0.3) is 0 Å². The maximum atomic E-state index is 12.4. The summed E-state index contributed by atoms with van der Waals surface area (Å²) in [5.41, 5.74) is 2.08. The molecule has 0 spiro atoms. The minimum absolute atomic E-state index is 0.148. The number of amides is 2. The fraction of sp³-hybridized carbons (Fsp3) is 0.474. The second kappa shape index (κ2) is 7.70. The van der Waals surface area contributed by atoms with Crippen LogP contribution >= 0.6 is 0 Å². The highest BCUT2D eigenvalue weighted by molar-refractivity contribution is 5.87. The van der Waals surface area contributed by atoms with Gasteiger partial charge in [-0.3, -0.25) is 10.2 Å². The van der Waals surface area contributed by atoms with E-state index in [4.69, 9.17) is 4.52 Å². The van der Waals surface area contributed by atoms with Crippen molar-refractivity contribution in [3.63, 3.8) is 0 Å². The minimum atomic E-state index is -0.148. The van der Waals surface area contributed by atoms with Crippen molar-refractivity contribution < 1.29 is 9.32 Å². The van der Waals surface area contributed by atoms with Crippen LogP contribution in [0.1, 0.15) is 31.0 Å². The lowest BCUT2D eigenvalue weighted by atomic mass is 9.96. The second-order valence-electron chi connectivity index (χ2n) is 6.86. The number of likely N-dealkylation sites (tertiary alicyclic amines) is 1. The molecule has 25 heavy (non-hydrogen) atoms. The first kappa shape index (κ1) is 17.5. The molecule has 2 aromatic rings. The van der Waals surface area contributed by atoms with E-state index in [1.165, 1.54) is 5.56 Å². The number of nitrogens with one attached hydrogen (secondary N) is 1. The fourth-order valence-corrected chi connectivity index (χ4v) is 3.38. The van der Waals surface area contributed by atoms with E-state index in [1.54, 1.807) is 11.0 Å². The van der Waals surface area contributed by atoms with Gasteiger partial charge in [-0.2, -0.15) is 0 Å². The predicted octanol–water partition coefficient (Wildman–Crippen LogP) is 3.50. The van der Waals surface area contributed by atoms with E-state index in [9.17, 15) is 4.79 Å². The lowest BCUT2D eigenvalue weighted by Crippen LogP contribution is -2.50. The molecule has 1 aromatic heterocycles. The van der Waals surface area contributed by atoms with Crippen molar-refractivity contribution in [2.75, 3.05) is 18.9 Å². The Morgan fingerprint density at radius 1 is 1.40 bits per heavy atom. The Bertz CT molecular complexity index is 700. The van der Waals surface area contributed by atoms with Crippen LogP contribution in [0.4, 0.5) is 10.7 Å². The van der Waals surface area contributed by atoms with Crippen LogP contribution in [-0.2, 0) is 6.54 Å². The van der Waals surface area contributed by atoms with E-state index in [-0.39, 0.29) is 12.1 Å². The van der Waals surface area contributed by atoms with Crippen molar-refractivity contribution in [1.29, 1.82) is 0 Å². The van der Waals surface area contributed by atoms with Gasteiger partial charge in [0.1, 0.15) is 0 Å². The maximum absolute atomic E-state index is 12.4. The molecule has 0 saturated carbocycles. The molecule has 0 radical (unpaired) electrons. The Balaban J connectivity index is 1.53. The Hall–Kier alpha value is -2.34. The van der Waals surface area contributed by atoms with Crippen molar-refractivity contribution in [3.8, 4) is 0 Å². The average molecular weight is 342 g/mol. The summed E-state index contributed by atoms with van der Waals surface area (Å²) in [5.74, 6) is 0.393. The third-order valence-corrected chi connectivity index (χ3v) is 4.94.